The molecule has 2 heterocycles. The lowest BCUT2D eigenvalue weighted by Crippen LogP contribution is -2.25. The maximum atomic E-state index is 14.5. The van der Waals surface area contributed by atoms with Crippen LogP contribution in [0.2, 0.25) is 0 Å². The lowest BCUT2D eigenvalue weighted by atomic mass is 10.1. The molecule has 4 nitrogen and oxygen atoms in total. The average Bonchev–Trinajstić information content (AvgIpc) is 3.65. The number of para-hydroxylation sites is 4. The molecular weight excluding hydrogens is 574 g/mol. The number of nitrogens with zero attached hydrogens (tertiary/aromatic N) is 3. The monoisotopic (exact) mass is 603 g/mol. The van der Waals surface area contributed by atoms with Crippen LogP contribution in [0.15, 0.2) is 176 Å². The van der Waals surface area contributed by atoms with E-state index in [1.54, 1.807) is 0 Å². The van der Waals surface area contributed by atoms with E-state index in [1.807, 2.05) is 47.4 Å². The van der Waals surface area contributed by atoms with Gasteiger partial charge in [-0.2, -0.15) is 0 Å². The fourth-order valence-corrected chi connectivity index (χ4v) is 7.00. The van der Waals surface area contributed by atoms with Gasteiger partial charge >= 0.3 is 0 Å². The van der Waals surface area contributed by atoms with Crippen LogP contribution >= 0.6 is 0 Å². The molecule has 222 valence electrons. The topological polar surface area (TPSA) is 30.2 Å². The first-order valence-electron chi connectivity index (χ1n) is 15.8. The van der Waals surface area contributed by atoms with Crippen LogP contribution in [0.3, 0.4) is 0 Å². The highest BCUT2D eigenvalue weighted by atomic mass is 16.2. The number of rotatable bonds is 5. The normalized spacial score (nSPS) is 11.5. The number of amides is 1. The minimum Gasteiger partial charge on any atom is -0.309 e. The van der Waals surface area contributed by atoms with Crippen molar-refractivity contribution in [1.82, 2.24) is 9.13 Å². The van der Waals surface area contributed by atoms with Gasteiger partial charge in [-0.05, 0) is 84.9 Å². The quantitative estimate of drug-likeness (QED) is 0.192. The Hall–Kier alpha value is -6.39. The number of fused-ring (bicyclic) bond motifs is 6. The molecule has 47 heavy (non-hydrogen) atoms. The second-order valence-corrected chi connectivity index (χ2v) is 11.8. The van der Waals surface area contributed by atoms with E-state index in [1.165, 1.54) is 0 Å². The van der Waals surface area contributed by atoms with Gasteiger partial charge in [-0.3, -0.25) is 9.69 Å². The van der Waals surface area contributed by atoms with E-state index >= 15 is 0 Å². The van der Waals surface area contributed by atoms with E-state index in [0.717, 1.165) is 66.4 Å². The molecule has 0 atom stereocenters. The van der Waals surface area contributed by atoms with E-state index in [4.69, 9.17) is 0 Å². The lowest BCUT2D eigenvalue weighted by Gasteiger charge is -2.24. The van der Waals surface area contributed by atoms with Crippen LogP contribution in [-0.4, -0.2) is 15.0 Å². The molecule has 2 aromatic heterocycles. The zero-order valence-corrected chi connectivity index (χ0v) is 25.5. The second-order valence-electron chi connectivity index (χ2n) is 11.8. The van der Waals surface area contributed by atoms with Crippen molar-refractivity contribution >= 4 is 60.9 Å². The number of anilines is 2. The first-order valence-corrected chi connectivity index (χ1v) is 15.8. The van der Waals surface area contributed by atoms with Crippen LogP contribution in [0, 0.1) is 0 Å². The van der Waals surface area contributed by atoms with Crippen molar-refractivity contribution in [1.29, 1.82) is 0 Å². The molecule has 0 fully saturated rings. The van der Waals surface area contributed by atoms with Crippen molar-refractivity contribution in [3.8, 4) is 11.4 Å². The number of carbonyl (C=O) groups is 1. The Balaban J connectivity index is 1.29. The summed E-state index contributed by atoms with van der Waals surface area (Å²) in [5.41, 5.74) is 8.90. The fourth-order valence-electron chi connectivity index (χ4n) is 7.00. The standard InChI is InChI=1S/C43H29N3O/c47-43(30-14-4-1-5-15-30)44(33-24-26-41-37(28-33)35-20-10-12-22-39(35)45(41)31-16-6-2-7-17-31)34-25-27-42-38(29-34)36-21-11-13-23-40(36)46(42)32-18-8-3-9-19-32/h1-29H. The van der Waals surface area contributed by atoms with Gasteiger partial charge in [0.15, 0.2) is 0 Å². The third-order valence-electron chi connectivity index (χ3n) is 9.08. The van der Waals surface area contributed by atoms with Gasteiger partial charge < -0.3 is 9.13 Å². The molecule has 1 amide bonds. The second kappa shape index (κ2) is 10.9. The molecule has 0 bridgehead atoms. The molecule has 0 aliphatic heterocycles. The van der Waals surface area contributed by atoms with Gasteiger partial charge in [0.2, 0.25) is 0 Å². The minimum atomic E-state index is -0.0807. The third kappa shape index (κ3) is 4.34. The molecule has 0 unspecified atom stereocenters. The van der Waals surface area contributed by atoms with Crippen molar-refractivity contribution in [2.45, 2.75) is 0 Å². The third-order valence-corrected chi connectivity index (χ3v) is 9.08. The lowest BCUT2D eigenvalue weighted by molar-refractivity contribution is 0.0999. The summed E-state index contributed by atoms with van der Waals surface area (Å²) in [6.45, 7) is 0. The summed E-state index contributed by atoms with van der Waals surface area (Å²) in [4.78, 5) is 16.4. The summed E-state index contributed by atoms with van der Waals surface area (Å²) in [6, 6.07) is 60.1. The number of aromatic nitrogens is 2. The van der Waals surface area contributed by atoms with Crippen molar-refractivity contribution < 1.29 is 4.79 Å². The zero-order chi connectivity index (χ0) is 31.3. The van der Waals surface area contributed by atoms with Gasteiger partial charge in [-0.15, -0.1) is 0 Å². The molecular formula is C43H29N3O. The highest BCUT2D eigenvalue weighted by Gasteiger charge is 2.23. The summed E-state index contributed by atoms with van der Waals surface area (Å²) >= 11 is 0. The van der Waals surface area contributed by atoms with E-state index in [0.29, 0.717) is 5.56 Å². The van der Waals surface area contributed by atoms with Gasteiger partial charge in [0, 0.05) is 49.9 Å². The van der Waals surface area contributed by atoms with Crippen LogP contribution in [-0.2, 0) is 0 Å². The van der Waals surface area contributed by atoms with Crippen LogP contribution < -0.4 is 4.90 Å². The molecule has 9 aromatic rings. The number of hydrogen-bond acceptors (Lipinski definition) is 1. The van der Waals surface area contributed by atoms with Crippen molar-refractivity contribution in [2.75, 3.05) is 4.90 Å². The fraction of sp³-hybridized carbons (Fsp3) is 0. The van der Waals surface area contributed by atoms with E-state index in [2.05, 4.69) is 143 Å². The maximum Gasteiger partial charge on any atom is 0.262 e. The van der Waals surface area contributed by atoms with Gasteiger partial charge in [0.1, 0.15) is 0 Å². The highest BCUT2D eigenvalue weighted by molar-refractivity contribution is 6.17. The number of carbonyl (C=O) groups excluding carboxylic acids is 1. The smallest absolute Gasteiger partial charge is 0.262 e. The summed E-state index contributed by atoms with van der Waals surface area (Å²) in [7, 11) is 0. The maximum absolute atomic E-state index is 14.5. The van der Waals surface area contributed by atoms with Crippen LogP contribution in [0.4, 0.5) is 11.4 Å². The molecule has 0 saturated heterocycles. The Labute approximate surface area is 272 Å². The highest BCUT2D eigenvalue weighted by Crippen LogP contribution is 2.39. The Bertz CT molecular complexity index is 2420. The van der Waals surface area contributed by atoms with E-state index in [-0.39, 0.29) is 5.91 Å². The summed E-state index contributed by atoms with van der Waals surface area (Å²) in [5.74, 6) is -0.0807. The first kappa shape index (κ1) is 27.0. The Kier molecular flexibility index (Phi) is 6.25. The molecule has 0 radical (unpaired) electrons. The molecule has 0 saturated carbocycles. The largest absolute Gasteiger partial charge is 0.309 e. The SMILES string of the molecule is O=C(c1ccccc1)N(c1ccc2c(c1)c1ccccc1n2-c1ccccc1)c1ccc2c(c1)c1ccccc1n2-c1ccccc1. The Morgan fingerprint density at radius 3 is 1.23 bits per heavy atom. The molecule has 0 N–H and O–H groups in total. The van der Waals surface area contributed by atoms with E-state index in [9.17, 15) is 4.79 Å². The molecule has 0 spiro atoms. The summed E-state index contributed by atoms with van der Waals surface area (Å²) in [6.07, 6.45) is 0. The molecule has 0 aliphatic rings. The van der Waals surface area contributed by atoms with Crippen molar-refractivity contribution in [3.63, 3.8) is 0 Å². The Morgan fingerprint density at radius 2 is 0.766 bits per heavy atom. The average molecular weight is 604 g/mol. The van der Waals surface area contributed by atoms with Crippen molar-refractivity contribution in [3.05, 3.63) is 181 Å². The molecule has 0 aliphatic carbocycles. The van der Waals surface area contributed by atoms with Gasteiger partial charge in [-0.1, -0.05) is 91.0 Å². The minimum absolute atomic E-state index is 0.0807. The molecule has 9 rings (SSSR count). The first-order chi connectivity index (χ1) is 23.3. The zero-order valence-electron chi connectivity index (χ0n) is 25.5. The van der Waals surface area contributed by atoms with Crippen molar-refractivity contribution in [2.24, 2.45) is 0 Å². The molecule has 4 heteroatoms. The van der Waals surface area contributed by atoms with Gasteiger partial charge in [0.25, 0.3) is 5.91 Å². The number of benzene rings is 7. The summed E-state index contributed by atoms with van der Waals surface area (Å²) in [5, 5.41) is 4.47. The Morgan fingerprint density at radius 1 is 0.383 bits per heavy atom. The van der Waals surface area contributed by atoms with E-state index < -0.39 is 0 Å². The van der Waals surface area contributed by atoms with Crippen LogP contribution in [0.25, 0.3) is 55.0 Å². The van der Waals surface area contributed by atoms with Crippen LogP contribution in [0.5, 0.6) is 0 Å². The number of hydrogen-bond donors (Lipinski definition) is 0. The predicted molar refractivity (Wildman–Crippen MR) is 194 cm³/mol. The predicted octanol–water partition coefficient (Wildman–Crippen LogP) is 10.9. The van der Waals surface area contributed by atoms with Gasteiger partial charge in [0.05, 0.1) is 22.1 Å². The summed E-state index contributed by atoms with van der Waals surface area (Å²) < 4.78 is 4.59. The molecule has 7 aromatic carbocycles. The van der Waals surface area contributed by atoms with Gasteiger partial charge in [-0.25, -0.2) is 0 Å². The van der Waals surface area contributed by atoms with Crippen LogP contribution in [0.1, 0.15) is 10.4 Å².